The summed E-state index contributed by atoms with van der Waals surface area (Å²) in [4.78, 5) is 28.3. The highest BCUT2D eigenvalue weighted by atomic mass is 32.2. The molecule has 0 saturated heterocycles. The molecule has 2 aromatic rings. The van der Waals surface area contributed by atoms with E-state index in [0.717, 1.165) is 23.5 Å². The molecule has 2 heterocycles. The van der Waals surface area contributed by atoms with Gasteiger partial charge in [-0.1, -0.05) is 0 Å². The van der Waals surface area contributed by atoms with E-state index in [-0.39, 0.29) is 10.4 Å². The van der Waals surface area contributed by atoms with Gasteiger partial charge in [0.05, 0.1) is 11.7 Å². The molecule has 2 rings (SSSR count). The Morgan fingerprint density at radius 2 is 2.32 bits per heavy atom. The van der Waals surface area contributed by atoms with Gasteiger partial charge in [-0.2, -0.15) is 11.8 Å². The minimum atomic E-state index is -1.01. The maximum atomic E-state index is 12.3. The fourth-order valence-corrected chi connectivity index (χ4v) is 3.30. The zero-order valence-electron chi connectivity index (χ0n) is 10.7. The Balaban J connectivity index is 2.49. The first kappa shape index (κ1) is 14.1. The summed E-state index contributed by atoms with van der Waals surface area (Å²) in [6.45, 7) is 2.28. The van der Waals surface area contributed by atoms with E-state index in [1.807, 2.05) is 6.26 Å². The first-order valence-electron chi connectivity index (χ1n) is 5.77. The van der Waals surface area contributed by atoms with Crippen molar-refractivity contribution in [3.05, 3.63) is 27.1 Å². The summed E-state index contributed by atoms with van der Waals surface area (Å²) in [5.74, 6) is -0.0261. The van der Waals surface area contributed by atoms with Gasteiger partial charge in [0.25, 0.3) is 5.56 Å². The van der Waals surface area contributed by atoms with Gasteiger partial charge in [0.15, 0.2) is 0 Å². The molecule has 0 fully saturated rings. The molecule has 0 atom stereocenters. The predicted octanol–water partition coefficient (Wildman–Crippen LogP) is 2.22. The molecule has 0 aromatic carbocycles. The van der Waals surface area contributed by atoms with Crippen molar-refractivity contribution < 1.29 is 9.90 Å². The largest absolute Gasteiger partial charge is 0.477 e. The van der Waals surface area contributed by atoms with E-state index in [2.05, 4.69) is 4.98 Å². The number of carboxylic acids is 1. The second-order valence-corrected chi connectivity index (χ2v) is 6.12. The number of aryl methyl sites for hydroxylation is 2. The third kappa shape index (κ3) is 2.66. The number of aromatic nitrogens is 2. The lowest BCUT2D eigenvalue weighted by molar-refractivity contribution is 0.0701. The molecule has 0 radical (unpaired) electrons. The normalized spacial score (nSPS) is 11.1. The number of fused-ring (bicyclic) bond motifs is 1. The Morgan fingerprint density at radius 3 is 2.95 bits per heavy atom. The summed E-state index contributed by atoms with van der Waals surface area (Å²) < 4.78 is 1.56. The number of nitrogens with zero attached hydrogens (tertiary/aromatic N) is 2. The van der Waals surface area contributed by atoms with Gasteiger partial charge < -0.3 is 5.11 Å². The van der Waals surface area contributed by atoms with Crippen molar-refractivity contribution in [2.24, 2.45) is 0 Å². The van der Waals surface area contributed by atoms with Gasteiger partial charge in [0, 0.05) is 6.54 Å². The van der Waals surface area contributed by atoms with Gasteiger partial charge in [-0.3, -0.25) is 9.36 Å². The van der Waals surface area contributed by atoms with Crippen LogP contribution in [-0.2, 0) is 6.54 Å². The molecular weight excluding hydrogens is 284 g/mol. The number of thiophene rings is 1. The van der Waals surface area contributed by atoms with Gasteiger partial charge in [0.1, 0.15) is 9.71 Å². The van der Waals surface area contributed by atoms with Crippen molar-refractivity contribution in [2.45, 2.75) is 19.9 Å². The molecule has 102 valence electrons. The van der Waals surface area contributed by atoms with Crippen LogP contribution >= 0.6 is 23.1 Å². The van der Waals surface area contributed by atoms with E-state index in [9.17, 15) is 9.59 Å². The lowest BCUT2D eigenvalue weighted by Crippen LogP contribution is -2.20. The zero-order valence-corrected chi connectivity index (χ0v) is 12.3. The first-order valence-corrected chi connectivity index (χ1v) is 7.98. The van der Waals surface area contributed by atoms with Crippen molar-refractivity contribution in [1.29, 1.82) is 0 Å². The Kier molecular flexibility index (Phi) is 4.26. The number of thioether (sulfide) groups is 1. The highest BCUT2D eigenvalue weighted by Crippen LogP contribution is 2.26. The van der Waals surface area contributed by atoms with Crippen LogP contribution in [0.1, 0.15) is 21.7 Å². The SMILES string of the molecule is CSCCCn1cnc2sc(C(=O)O)c(C)c2c1=O. The third-order valence-corrected chi connectivity index (χ3v) is 4.74. The summed E-state index contributed by atoms with van der Waals surface area (Å²) in [6, 6.07) is 0. The molecule has 0 spiro atoms. The Bertz CT molecular complexity index is 675. The third-order valence-electron chi connectivity index (χ3n) is 2.86. The molecule has 0 unspecified atom stereocenters. The summed E-state index contributed by atoms with van der Waals surface area (Å²) in [6.07, 6.45) is 4.42. The standard InChI is InChI=1S/C12H14N2O3S2/c1-7-8-10(19-9(7)12(16)17)13-6-14(11(8)15)4-3-5-18-2/h6H,3-5H2,1-2H3,(H,16,17). The fraction of sp³-hybridized carbons (Fsp3) is 0.417. The van der Waals surface area contributed by atoms with Gasteiger partial charge in [-0.05, 0) is 30.9 Å². The molecule has 0 aliphatic rings. The van der Waals surface area contributed by atoms with Crippen molar-refractivity contribution in [1.82, 2.24) is 9.55 Å². The van der Waals surface area contributed by atoms with Crippen molar-refractivity contribution >= 4 is 39.3 Å². The number of rotatable bonds is 5. The summed E-state index contributed by atoms with van der Waals surface area (Å²) >= 11 is 2.79. The maximum Gasteiger partial charge on any atom is 0.346 e. The van der Waals surface area contributed by atoms with E-state index >= 15 is 0 Å². The topological polar surface area (TPSA) is 72.2 Å². The average molecular weight is 298 g/mol. The van der Waals surface area contributed by atoms with E-state index in [4.69, 9.17) is 5.11 Å². The molecule has 0 aliphatic heterocycles. The van der Waals surface area contributed by atoms with Crippen LogP contribution in [0.2, 0.25) is 0 Å². The number of hydrogen-bond donors (Lipinski definition) is 1. The van der Waals surface area contributed by atoms with Crippen LogP contribution in [0.25, 0.3) is 10.2 Å². The molecule has 0 amide bonds. The van der Waals surface area contributed by atoms with Crippen LogP contribution in [-0.4, -0.2) is 32.6 Å². The van der Waals surface area contributed by atoms with E-state index in [1.165, 1.54) is 6.33 Å². The summed E-state index contributed by atoms with van der Waals surface area (Å²) in [7, 11) is 0. The van der Waals surface area contributed by atoms with Crippen LogP contribution in [0, 0.1) is 6.92 Å². The zero-order chi connectivity index (χ0) is 14.0. The highest BCUT2D eigenvalue weighted by molar-refractivity contribution is 7.98. The Labute approximate surface area is 118 Å². The van der Waals surface area contributed by atoms with E-state index in [0.29, 0.717) is 22.3 Å². The van der Waals surface area contributed by atoms with Crippen molar-refractivity contribution in [3.63, 3.8) is 0 Å². The lowest BCUT2D eigenvalue weighted by atomic mass is 10.2. The monoisotopic (exact) mass is 298 g/mol. The molecule has 1 N–H and O–H groups in total. The Hall–Kier alpha value is -1.34. The van der Waals surface area contributed by atoms with E-state index in [1.54, 1.807) is 23.3 Å². The minimum absolute atomic E-state index is 0.146. The molecule has 0 aliphatic carbocycles. The summed E-state index contributed by atoms with van der Waals surface area (Å²) in [5, 5.41) is 9.51. The molecular formula is C12H14N2O3S2. The number of hydrogen-bond acceptors (Lipinski definition) is 5. The molecule has 0 saturated carbocycles. The lowest BCUT2D eigenvalue weighted by Gasteiger charge is -2.04. The van der Waals surface area contributed by atoms with Gasteiger partial charge in [0.2, 0.25) is 0 Å². The molecule has 19 heavy (non-hydrogen) atoms. The van der Waals surface area contributed by atoms with Crippen LogP contribution in [0.5, 0.6) is 0 Å². The van der Waals surface area contributed by atoms with Crippen LogP contribution in [0.4, 0.5) is 0 Å². The van der Waals surface area contributed by atoms with Crippen LogP contribution < -0.4 is 5.56 Å². The first-order chi connectivity index (χ1) is 9.06. The minimum Gasteiger partial charge on any atom is -0.477 e. The molecule has 5 nitrogen and oxygen atoms in total. The predicted molar refractivity (Wildman–Crippen MR) is 78.6 cm³/mol. The molecule has 7 heteroatoms. The van der Waals surface area contributed by atoms with Crippen molar-refractivity contribution in [3.8, 4) is 0 Å². The number of carbonyl (C=O) groups is 1. The van der Waals surface area contributed by atoms with Crippen molar-refractivity contribution in [2.75, 3.05) is 12.0 Å². The van der Waals surface area contributed by atoms with Gasteiger partial charge in [-0.25, -0.2) is 9.78 Å². The number of carboxylic acid groups (broad SMARTS) is 1. The van der Waals surface area contributed by atoms with Crippen LogP contribution in [0.15, 0.2) is 11.1 Å². The van der Waals surface area contributed by atoms with Gasteiger partial charge in [-0.15, -0.1) is 11.3 Å². The number of aromatic carboxylic acids is 1. The second-order valence-electron chi connectivity index (χ2n) is 4.13. The quantitative estimate of drug-likeness (QED) is 0.857. The fourth-order valence-electron chi connectivity index (χ4n) is 1.90. The maximum absolute atomic E-state index is 12.3. The van der Waals surface area contributed by atoms with Crippen LogP contribution in [0.3, 0.4) is 0 Å². The molecule has 0 bridgehead atoms. The Morgan fingerprint density at radius 1 is 1.58 bits per heavy atom. The average Bonchev–Trinajstić information content (AvgIpc) is 2.71. The second kappa shape index (κ2) is 5.75. The van der Waals surface area contributed by atoms with E-state index < -0.39 is 5.97 Å². The molecule has 2 aromatic heterocycles. The summed E-state index contributed by atoms with van der Waals surface area (Å²) in [5.41, 5.74) is 0.372. The smallest absolute Gasteiger partial charge is 0.346 e. The van der Waals surface area contributed by atoms with Gasteiger partial charge >= 0.3 is 5.97 Å². The highest BCUT2D eigenvalue weighted by Gasteiger charge is 2.18.